The second-order valence-corrected chi connectivity index (χ2v) is 21.0. The summed E-state index contributed by atoms with van der Waals surface area (Å²) in [5, 5.41) is 19.6. The van der Waals surface area contributed by atoms with E-state index in [2.05, 4.69) is 53.9 Å². The van der Waals surface area contributed by atoms with Gasteiger partial charge >= 0.3 is 12.0 Å². The van der Waals surface area contributed by atoms with E-state index >= 15 is 0 Å². The van der Waals surface area contributed by atoms with Crippen LogP contribution in [0.15, 0.2) is 54.6 Å². The van der Waals surface area contributed by atoms with Crippen LogP contribution in [0.25, 0.3) is 33.4 Å². The van der Waals surface area contributed by atoms with Crippen LogP contribution in [-0.2, 0) is 48.0 Å². The standard InChI is InChI=1S/C52H71N9O8S/c1-11-14-23-60(43(62)12-2)35-20-25-58(29-35)50(66)57(9)45(32(4)5)47(63)55-39-27-42-54-40(30-70-42)34-18-19-41-37(26-34)38(46(59(41)13-3)36-17-15-22-53-44(36)33(6)68-10)28-51(7,8)31-69-49(65)52(67)21-16-24-61(56-52)48(39)64/h12,15,17-19,22,26,30,32-33,35,39,45,56,67H,2,11,13-14,16,20-21,23-25,27-29,31H2,1,3-10H3,(H,55,63)/t33-,35-,39-,45-,52-/m0/s1. The lowest BCUT2D eigenvalue weighted by molar-refractivity contribution is -0.189. The Kier molecular flexibility index (Phi) is 16.2. The van der Waals surface area contributed by atoms with Gasteiger partial charge in [-0.3, -0.25) is 24.4 Å². The van der Waals surface area contributed by atoms with Gasteiger partial charge in [0.25, 0.3) is 5.91 Å². The minimum Gasteiger partial charge on any atom is -0.462 e. The number of fused-ring (bicyclic) bond motifs is 6. The number of likely N-dealkylation sites (tertiary alicyclic amines) is 1. The largest absolute Gasteiger partial charge is 0.462 e. The van der Waals surface area contributed by atoms with Crippen molar-refractivity contribution >= 4 is 52.0 Å². The fourth-order valence-corrected chi connectivity index (χ4v) is 11.1. The first-order chi connectivity index (χ1) is 33.3. The fourth-order valence-electron chi connectivity index (χ4n) is 10.2. The van der Waals surface area contributed by atoms with Crippen molar-refractivity contribution in [3.63, 3.8) is 0 Å². The van der Waals surface area contributed by atoms with Gasteiger partial charge in [-0.2, -0.15) is 5.43 Å². The number of urea groups is 1. The predicted octanol–water partition coefficient (Wildman–Crippen LogP) is 6.49. The number of thiazole rings is 1. The lowest BCUT2D eigenvalue weighted by Crippen LogP contribution is -2.67. The molecule has 0 radical (unpaired) electrons. The number of hydrazine groups is 1. The minimum atomic E-state index is -2.24. The number of cyclic esters (lactones) is 1. The monoisotopic (exact) mass is 982 g/mol. The van der Waals surface area contributed by atoms with Crippen molar-refractivity contribution in [1.29, 1.82) is 0 Å². The highest BCUT2D eigenvalue weighted by molar-refractivity contribution is 7.10. The third-order valence-electron chi connectivity index (χ3n) is 14.0. The zero-order valence-corrected chi connectivity index (χ0v) is 43.1. The number of nitrogens with one attached hydrogen (secondary N) is 2. The van der Waals surface area contributed by atoms with Crippen LogP contribution < -0.4 is 10.7 Å². The minimum absolute atomic E-state index is 0.0148. The Hall–Kier alpha value is -5.69. The number of hydrogen-bond donors (Lipinski definition) is 3. The van der Waals surface area contributed by atoms with Crippen LogP contribution in [0.5, 0.6) is 0 Å². The topological polar surface area (TPSA) is 192 Å². The molecular formula is C52H71N9O8S. The van der Waals surface area contributed by atoms with Crippen molar-refractivity contribution < 1.29 is 38.6 Å². The number of rotatable bonds is 13. The zero-order chi connectivity index (χ0) is 50.7. The molecule has 7 rings (SSSR count). The van der Waals surface area contributed by atoms with Crippen LogP contribution in [-0.4, -0.2) is 140 Å². The Morgan fingerprint density at radius 2 is 1.93 bits per heavy atom. The molecule has 3 aliphatic rings. The molecule has 4 aromatic rings. The molecule has 378 valence electrons. The first kappa shape index (κ1) is 52.1. The van der Waals surface area contributed by atoms with Gasteiger partial charge in [-0.1, -0.05) is 53.7 Å². The number of esters is 1. The number of aliphatic hydroxyl groups is 1. The van der Waals surface area contributed by atoms with Crippen molar-refractivity contribution in [1.82, 2.24) is 45.0 Å². The molecule has 0 spiro atoms. The number of benzene rings is 1. The van der Waals surface area contributed by atoms with Gasteiger partial charge in [-0.15, -0.1) is 11.3 Å². The summed E-state index contributed by atoms with van der Waals surface area (Å²) in [4.78, 5) is 85.1. The summed E-state index contributed by atoms with van der Waals surface area (Å²) in [7, 11) is 3.25. The summed E-state index contributed by atoms with van der Waals surface area (Å²) >= 11 is 1.36. The van der Waals surface area contributed by atoms with Crippen LogP contribution in [0, 0.1) is 11.3 Å². The first-order valence-corrected chi connectivity index (χ1v) is 25.5. The van der Waals surface area contributed by atoms with Gasteiger partial charge in [0.15, 0.2) is 0 Å². The van der Waals surface area contributed by atoms with E-state index < -0.39 is 41.0 Å². The molecule has 70 heavy (non-hydrogen) atoms. The highest BCUT2D eigenvalue weighted by atomic mass is 32.1. The van der Waals surface area contributed by atoms with E-state index in [4.69, 9.17) is 19.4 Å². The average molecular weight is 982 g/mol. The lowest BCUT2D eigenvalue weighted by Gasteiger charge is -2.40. The number of likely N-dealkylation sites (N-methyl/N-ethyl adjacent to an activating group) is 1. The average Bonchev–Trinajstić information content (AvgIpc) is 4.10. The van der Waals surface area contributed by atoms with Crippen molar-refractivity contribution in [2.75, 3.05) is 46.9 Å². The Balaban J connectivity index is 1.24. The van der Waals surface area contributed by atoms with Crippen molar-refractivity contribution in [2.24, 2.45) is 11.3 Å². The van der Waals surface area contributed by atoms with Gasteiger partial charge in [0.05, 0.1) is 40.8 Å². The highest BCUT2D eigenvalue weighted by Gasteiger charge is 2.46. The second kappa shape index (κ2) is 21.7. The molecule has 0 saturated carbocycles. The summed E-state index contributed by atoms with van der Waals surface area (Å²) < 4.78 is 14.1. The number of aromatic nitrogens is 3. The quantitative estimate of drug-likeness (QED) is 0.0981. The summed E-state index contributed by atoms with van der Waals surface area (Å²) in [6, 6.07) is 7.50. The smallest absolute Gasteiger partial charge is 0.355 e. The summed E-state index contributed by atoms with van der Waals surface area (Å²) in [6.07, 6.45) is 5.83. The van der Waals surface area contributed by atoms with Gasteiger partial charge in [0.2, 0.25) is 17.5 Å². The van der Waals surface area contributed by atoms with E-state index in [-0.39, 0.29) is 62.4 Å². The second-order valence-electron chi connectivity index (χ2n) is 20.1. The Morgan fingerprint density at radius 3 is 2.63 bits per heavy atom. The maximum Gasteiger partial charge on any atom is 0.355 e. The molecule has 5 atom stereocenters. The number of methoxy groups -OCH3 is 1. The van der Waals surface area contributed by atoms with Crippen molar-refractivity contribution in [2.45, 2.75) is 130 Å². The summed E-state index contributed by atoms with van der Waals surface area (Å²) in [6.45, 7) is 19.6. The maximum atomic E-state index is 14.7. The van der Waals surface area contributed by atoms with Crippen LogP contribution >= 0.6 is 11.3 Å². The third-order valence-corrected chi connectivity index (χ3v) is 14.8. The van der Waals surface area contributed by atoms with E-state index in [9.17, 15) is 29.1 Å². The van der Waals surface area contributed by atoms with Gasteiger partial charge < -0.3 is 39.2 Å². The zero-order valence-electron chi connectivity index (χ0n) is 42.2. The van der Waals surface area contributed by atoms with Crippen molar-refractivity contribution in [3.05, 3.63) is 70.8 Å². The van der Waals surface area contributed by atoms with E-state index in [1.165, 1.54) is 27.3 Å². The van der Waals surface area contributed by atoms with Crippen molar-refractivity contribution in [3.8, 4) is 22.5 Å². The van der Waals surface area contributed by atoms with E-state index in [1.54, 1.807) is 30.2 Å². The fraction of sp³-hybridized carbons (Fsp3) is 0.558. The molecular weight excluding hydrogens is 911 g/mol. The molecule has 18 heteroatoms. The highest BCUT2D eigenvalue weighted by Crippen LogP contribution is 2.42. The van der Waals surface area contributed by atoms with E-state index in [0.717, 1.165) is 51.8 Å². The number of carbonyl (C=O) groups excluding carboxylic acids is 5. The molecule has 6 bridgehead atoms. The van der Waals surface area contributed by atoms with Crippen LogP contribution in [0.1, 0.15) is 103 Å². The molecule has 3 N–H and O–H groups in total. The number of amides is 5. The van der Waals surface area contributed by atoms with Crippen LogP contribution in [0.3, 0.4) is 0 Å². The molecule has 3 aromatic heterocycles. The van der Waals surface area contributed by atoms with Gasteiger partial charge in [0.1, 0.15) is 12.1 Å². The molecule has 1 aromatic carbocycles. The summed E-state index contributed by atoms with van der Waals surface area (Å²) in [5.74, 6) is -2.61. The SMILES string of the molecule is C=CC(=O)N(CCCC)[C@H]1CCN(C(=O)N(C)[C@H](C(=O)N[C@H]2Cc3nc(cs3)-c3ccc4c(c3)c(c(-c3cccnc3[C@H](C)OC)n4CC)CC(C)(C)COC(=O)[C@@]3(O)CCCN(N3)C2=O)C(C)C)C1. The maximum absolute atomic E-state index is 14.7. The normalized spacial score (nSPS) is 21.5. The lowest BCUT2D eigenvalue weighted by atomic mass is 9.84. The number of aryl methyl sites for hydroxylation is 1. The van der Waals surface area contributed by atoms with Gasteiger partial charge in [0, 0.05) is 98.7 Å². The number of unbranched alkanes of at least 4 members (excludes halogenated alkanes) is 1. The molecule has 6 heterocycles. The van der Waals surface area contributed by atoms with Crippen LogP contribution in [0.4, 0.5) is 4.79 Å². The number of hydrogen-bond acceptors (Lipinski definition) is 12. The number of ether oxygens (including phenoxy) is 2. The van der Waals surface area contributed by atoms with Crippen LogP contribution in [0.2, 0.25) is 0 Å². The van der Waals surface area contributed by atoms with Gasteiger partial charge in [-0.25, -0.2) is 14.6 Å². The molecule has 5 amide bonds. The summed E-state index contributed by atoms with van der Waals surface area (Å²) in [5.41, 5.74) is 6.22. The Morgan fingerprint density at radius 1 is 1.16 bits per heavy atom. The number of nitrogens with zero attached hydrogens (tertiary/aromatic N) is 7. The molecule has 17 nitrogen and oxygen atoms in total. The third kappa shape index (κ3) is 10.8. The Labute approximate surface area is 415 Å². The molecule has 0 aliphatic carbocycles. The predicted molar refractivity (Wildman–Crippen MR) is 269 cm³/mol. The molecule has 2 fully saturated rings. The number of carbonyl (C=O) groups is 5. The number of pyridine rings is 1. The van der Waals surface area contributed by atoms with Gasteiger partial charge in [-0.05, 0) is 81.4 Å². The Bertz CT molecular complexity index is 2590. The van der Waals surface area contributed by atoms with E-state index in [0.29, 0.717) is 49.7 Å². The van der Waals surface area contributed by atoms with E-state index in [1.807, 2.05) is 52.1 Å². The molecule has 2 saturated heterocycles. The molecule has 3 aliphatic heterocycles. The molecule has 0 unspecified atom stereocenters. The first-order valence-electron chi connectivity index (χ1n) is 24.7.